The summed E-state index contributed by atoms with van der Waals surface area (Å²) in [4.78, 5) is 0. The molecular weight excluding hydrogens is 268 g/mol. The molecule has 16 heavy (non-hydrogen) atoms. The molecule has 2 nitrogen and oxygen atoms in total. The van der Waals surface area contributed by atoms with Crippen molar-refractivity contribution in [3.05, 3.63) is 22.6 Å². The molecule has 0 spiro atoms. The summed E-state index contributed by atoms with van der Waals surface area (Å²) in [7, 11) is 0. The van der Waals surface area contributed by atoms with Gasteiger partial charge in [-0.3, -0.25) is 0 Å². The summed E-state index contributed by atoms with van der Waals surface area (Å²) < 4.78 is 6.23. The Kier molecular flexibility index (Phi) is 3.75. The van der Waals surface area contributed by atoms with Crippen molar-refractivity contribution >= 4 is 15.9 Å². The van der Waals surface area contributed by atoms with Crippen molar-refractivity contribution in [2.45, 2.75) is 39.2 Å². The zero-order valence-corrected chi connectivity index (χ0v) is 11.4. The van der Waals surface area contributed by atoms with Gasteiger partial charge in [0.25, 0.3) is 0 Å². The van der Waals surface area contributed by atoms with Crippen molar-refractivity contribution in [3.63, 3.8) is 0 Å². The minimum absolute atomic E-state index is 0.334. The lowest BCUT2D eigenvalue weighted by molar-refractivity contribution is 0.0390. The third-order valence-corrected chi connectivity index (χ3v) is 4.23. The van der Waals surface area contributed by atoms with Gasteiger partial charge in [0.05, 0.1) is 10.7 Å². The normalized spacial score (nSPS) is 32.6. The fourth-order valence-electron chi connectivity index (χ4n) is 3.00. The highest BCUT2D eigenvalue weighted by molar-refractivity contribution is 9.10. The van der Waals surface area contributed by atoms with Gasteiger partial charge < -0.3 is 9.52 Å². The molecule has 0 amide bonds. The van der Waals surface area contributed by atoms with Crippen molar-refractivity contribution in [2.75, 3.05) is 0 Å². The van der Waals surface area contributed by atoms with E-state index in [9.17, 15) is 5.11 Å². The van der Waals surface area contributed by atoms with Crippen LogP contribution in [0.4, 0.5) is 0 Å². The Morgan fingerprint density at radius 1 is 1.31 bits per heavy atom. The Labute approximate surface area is 105 Å². The molecule has 3 atom stereocenters. The first-order chi connectivity index (χ1) is 7.58. The van der Waals surface area contributed by atoms with Crippen molar-refractivity contribution in [3.8, 4) is 0 Å². The number of rotatable bonds is 2. The average molecular weight is 287 g/mol. The first-order valence-corrected chi connectivity index (χ1v) is 6.78. The van der Waals surface area contributed by atoms with Crippen LogP contribution in [0.15, 0.2) is 21.2 Å². The van der Waals surface area contributed by atoms with E-state index < -0.39 is 6.10 Å². The van der Waals surface area contributed by atoms with Crippen LogP contribution in [0, 0.1) is 17.8 Å². The molecule has 1 heterocycles. The quantitative estimate of drug-likeness (QED) is 0.886. The molecule has 1 fully saturated rings. The summed E-state index contributed by atoms with van der Waals surface area (Å²) in [5.41, 5.74) is 0. The van der Waals surface area contributed by atoms with E-state index in [0.29, 0.717) is 23.5 Å². The van der Waals surface area contributed by atoms with Crippen LogP contribution in [-0.4, -0.2) is 5.11 Å². The van der Waals surface area contributed by atoms with E-state index in [-0.39, 0.29) is 0 Å². The Bertz CT molecular complexity index is 337. The van der Waals surface area contributed by atoms with Crippen LogP contribution >= 0.6 is 15.9 Å². The Hall–Kier alpha value is -0.280. The van der Waals surface area contributed by atoms with E-state index in [1.807, 2.05) is 6.07 Å². The van der Waals surface area contributed by atoms with Crippen LogP contribution in [0.3, 0.4) is 0 Å². The second kappa shape index (κ2) is 4.92. The summed E-state index contributed by atoms with van der Waals surface area (Å²) in [6, 6.07) is 1.84. The third kappa shape index (κ3) is 2.51. The van der Waals surface area contributed by atoms with E-state index in [2.05, 4.69) is 29.8 Å². The van der Waals surface area contributed by atoms with E-state index in [1.54, 1.807) is 6.26 Å². The Morgan fingerprint density at radius 2 is 1.94 bits per heavy atom. The van der Waals surface area contributed by atoms with Crippen molar-refractivity contribution in [1.82, 2.24) is 0 Å². The van der Waals surface area contributed by atoms with Gasteiger partial charge in [-0.2, -0.15) is 0 Å². The molecule has 1 aromatic rings. The predicted octanol–water partition coefficient (Wildman–Crippen LogP) is 4.15. The highest BCUT2D eigenvalue weighted by Gasteiger charge is 2.32. The maximum absolute atomic E-state index is 10.3. The van der Waals surface area contributed by atoms with Crippen LogP contribution in [0.1, 0.15) is 45.0 Å². The fraction of sp³-hybridized carbons (Fsp3) is 0.692. The van der Waals surface area contributed by atoms with Crippen LogP contribution in [0.2, 0.25) is 0 Å². The molecule has 0 aliphatic heterocycles. The van der Waals surface area contributed by atoms with Gasteiger partial charge in [-0.25, -0.2) is 0 Å². The number of hydrogen-bond donors (Lipinski definition) is 1. The summed E-state index contributed by atoms with van der Waals surface area (Å²) in [5, 5.41) is 10.3. The highest BCUT2D eigenvalue weighted by Crippen LogP contribution is 2.41. The number of furan rings is 1. The smallest absolute Gasteiger partial charge is 0.146 e. The molecule has 90 valence electrons. The lowest BCUT2D eigenvalue weighted by Crippen LogP contribution is -2.24. The van der Waals surface area contributed by atoms with Crippen LogP contribution in [0.25, 0.3) is 0 Å². The van der Waals surface area contributed by atoms with Crippen LogP contribution in [0.5, 0.6) is 0 Å². The van der Waals surface area contributed by atoms with Gasteiger partial charge >= 0.3 is 0 Å². The average Bonchev–Trinajstić information content (AvgIpc) is 2.62. The summed E-state index contributed by atoms with van der Waals surface area (Å²) in [6.45, 7) is 4.54. The molecule has 3 unspecified atom stereocenters. The van der Waals surface area contributed by atoms with Crippen LogP contribution in [-0.2, 0) is 0 Å². The van der Waals surface area contributed by atoms with E-state index in [4.69, 9.17) is 4.42 Å². The standard InChI is InChI=1S/C13H19BrO2/c1-8-5-9(2)7-10(6-8)12(15)13-11(14)3-4-16-13/h3-4,8-10,12,15H,5-7H2,1-2H3. The lowest BCUT2D eigenvalue weighted by Gasteiger charge is -2.33. The predicted molar refractivity (Wildman–Crippen MR) is 67.0 cm³/mol. The second-order valence-electron chi connectivity index (χ2n) is 5.26. The molecule has 1 aromatic heterocycles. The molecule has 1 N–H and O–H groups in total. The lowest BCUT2D eigenvalue weighted by atomic mass is 9.74. The van der Waals surface area contributed by atoms with Gasteiger partial charge in [0.15, 0.2) is 0 Å². The molecule has 1 saturated carbocycles. The van der Waals surface area contributed by atoms with Crippen molar-refractivity contribution in [1.29, 1.82) is 0 Å². The largest absolute Gasteiger partial charge is 0.465 e. The van der Waals surface area contributed by atoms with Crippen molar-refractivity contribution in [2.24, 2.45) is 17.8 Å². The zero-order chi connectivity index (χ0) is 11.7. The van der Waals surface area contributed by atoms with Gasteiger partial charge in [0, 0.05) is 0 Å². The Morgan fingerprint density at radius 3 is 2.44 bits per heavy atom. The number of aliphatic hydroxyl groups is 1. The molecule has 0 bridgehead atoms. The zero-order valence-electron chi connectivity index (χ0n) is 9.82. The summed E-state index contributed by atoms with van der Waals surface area (Å²) >= 11 is 3.41. The number of halogens is 1. The van der Waals surface area contributed by atoms with Gasteiger partial charge in [-0.15, -0.1) is 0 Å². The summed E-state index contributed by atoms with van der Waals surface area (Å²) in [5.74, 6) is 2.43. The molecule has 3 heteroatoms. The first-order valence-electron chi connectivity index (χ1n) is 5.99. The van der Waals surface area contributed by atoms with E-state index in [1.165, 1.54) is 6.42 Å². The molecule has 0 saturated heterocycles. The molecular formula is C13H19BrO2. The maximum Gasteiger partial charge on any atom is 0.146 e. The minimum atomic E-state index is -0.463. The van der Waals surface area contributed by atoms with E-state index >= 15 is 0 Å². The summed E-state index contributed by atoms with van der Waals surface area (Å²) in [6.07, 6.45) is 4.63. The molecule has 1 aliphatic rings. The van der Waals surface area contributed by atoms with Crippen molar-refractivity contribution < 1.29 is 9.52 Å². The molecule has 0 aromatic carbocycles. The van der Waals surface area contributed by atoms with E-state index in [0.717, 1.165) is 17.3 Å². The Balaban J connectivity index is 2.10. The minimum Gasteiger partial charge on any atom is -0.465 e. The van der Waals surface area contributed by atoms with Gasteiger partial charge in [0.2, 0.25) is 0 Å². The number of aliphatic hydroxyl groups excluding tert-OH is 1. The maximum atomic E-state index is 10.3. The fourth-order valence-corrected chi connectivity index (χ4v) is 3.43. The first kappa shape index (κ1) is 12.2. The van der Waals surface area contributed by atoms with Gasteiger partial charge in [0.1, 0.15) is 11.9 Å². The monoisotopic (exact) mass is 286 g/mol. The molecule has 1 aliphatic carbocycles. The third-order valence-electron chi connectivity index (χ3n) is 3.57. The highest BCUT2D eigenvalue weighted by atomic mass is 79.9. The van der Waals surface area contributed by atoms with Gasteiger partial charge in [-0.05, 0) is 59.0 Å². The van der Waals surface area contributed by atoms with Crippen LogP contribution < -0.4 is 0 Å². The second-order valence-corrected chi connectivity index (χ2v) is 6.11. The number of hydrogen-bond acceptors (Lipinski definition) is 2. The van der Waals surface area contributed by atoms with Gasteiger partial charge in [-0.1, -0.05) is 13.8 Å². The molecule has 2 rings (SSSR count). The topological polar surface area (TPSA) is 33.4 Å². The SMILES string of the molecule is CC1CC(C)CC(C(O)c2occc2Br)C1. The molecule has 0 radical (unpaired) electrons.